The van der Waals surface area contributed by atoms with Gasteiger partial charge in [0.25, 0.3) is 0 Å². The second-order valence-electron chi connectivity index (χ2n) is 6.04. The number of rotatable bonds is 5. The maximum absolute atomic E-state index is 12.6. The number of amides is 2. The van der Waals surface area contributed by atoms with E-state index in [0.29, 0.717) is 37.2 Å². The molecule has 0 atom stereocenters. The van der Waals surface area contributed by atoms with E-state index in [1.165, 1.54) is 11.8 Å². The maximum atomic E-state index is 12.6. The molecule has 0 saturated carbocycles. The summed E-state index contributed by atoms with van der Waals surface area (Å²) in [4.78, 5) is 32.5. The number of nitrogens with zero attached hydrogens (tertiary/aromatic N) is 4. The van der Waals surface area contributed by atoms with Crippen molar-refractivity contribution >= 4 is 34.6 Å². The maximum Gasteiger partial charge on any atom is 0.242 e. The Morgan fingerprint density at radius 3 is 2.68 bits per heavy atom. The van der Waals surface area contributed by atoms with Crippen LogP contribution in [-0.4, -0.2) is 77.3 Å². The Morgan fingerprint density at radius 1 is 1.24 bits per heavy atom. The molecule has 1 aliphatic heterocycles. The van der Waals surface area contributed by atoms with Crippen LogP contribution in [0.4, 0.5) is 0 Å². The number of ether oxygens (including phenoxy) is 1. The van der Waals surface area contributed by atoms with Crippen LogP contribution in [0.25, 0.3) is 11.0 Å². The molecule has 0 N–H and O–H groups in total. The highest BCUT2D eigenvalue weighted by Crippen LogP contribution is 2.24. The quantitative estimate of drug-likeness (QED) is 0.745. The monoisotopic (exact) mass is 362 g/mol. The second-order valence-corrected chi connectivity index (χ2v) is 6.98. The molecular weight excluding hydrogens is 340 g/mol. The number of thioether (sulfide) groups is 1. The van der Waals surface area contributed by atoms with Crippen LogP contribution >= 0.6 is 11.8 Å². The van der Waals surface area contributed by atoms with Crippen molar-refractivity contribution in [3.63, 3.8) is 0 Å². The minimum Gasteiger partial charge on any atom is -0.378 e. The smallest absolute Gasteiger partial charge is 0.242 e. The Morgan fingerprint density at radius 2 is 1.96 bits per heavy atom. The molecule has 0 aliphatic carbocycles. The van der Waals surface area contributed by atoms with E-state index in [-0.39, 0.29) is 18.4 Å². The first-order valence-corrected chi connectivity index (χ1v) is 9.18. The van der Waals surface area contributed by atoms with E-state index >= 15 is 0 Å². The summed E-state index contributed by atoms with van der Waals surface area (Å²) in [7, 11) is 3.46. The molecule has 2 amide bonds. The average molecular weight is 362 g/mol. The number of carbonyl (C=O) groups is 2. The third kappa shape index (κ3) is 4.13. The van der Waals surface area contributed by atoms with Crippen molar-refractivity contribution in [3.8, 4) is 0 Å². The van der Waals surface area contributed by atoms with Crippen molar-refractivity contribution in [2.45, 2.75) is 11.7 Å². The lowest BCUT2D eigenvalue weighted by atomic mass is 10.3. The molecule has 25 heavy (non-hydrogen) atoms. The average Bonchev–Trinajstić information content (AvgIpc) is 2.98. The van der Waals surface area contributed by atoms with Gasteiger partial charge in [0.1, 0.15) is 6.54 Å². The molecule has 7 nitrogen and oxygen atoms in total. The molecule has 0 bridgehead atoms. The van der Waals surface area contributed by atoms with Crippen LogP contribution < -0.4 is 0 Å². The Labute approximate surface area is 150 Å². The van der Waals surface area contributed by atoms with E-state index in [1.54, 1.807) is 19.0 Å². The minimum absolute atomic E-state index is 0.0168. The summed E-state index contributed by atoms with van der Waals surface area (Å²) < 4.78 is 7.21. The van der Waals surface area contributed by atoms with Gasteiger partial charge in [-0.3, -0.25) is 9.59 Å². The van der Waals surface area contributed by atoms with Crippen molar-refractivity contribution < 1.29 is 14.3 Å². The van der Waals surface area contributed by atoms with Gasteiger partial charge in [0.15, 0.2) is 5.16 Å². The third-order valence-corrected chi connectivity index (χ3v) is 5.06. The van der Waals surface area contributed by atoms with Gasteiger partial charge < -0.3 is 19.1 Å². The number of hydrogen-bond acceptors (Lipinski definition) is 5. The van der Waals surface area contributed by atoms with Crippen molar-refractivity contribution in [3.05, 3.63) is 24.3 Å². The Hall–Kier alpha value is -2.06. The predicted molar refractivity (Wildman–Crippen MR) is 96.6 cm³/mol. The SMILES string of the molecule is CN(C)C(=O)CSc1nc2ccccc2n1CC(=O)N1CCOCC1. The van der Waals surface area contributed by atoms with Crippen LogP contribution in [0, 0.1) is 0 Å². The Balaban J connectivity index is 1.82. The predicted octanol–water partition coefficient (Wildman–Crippen LogP) is 1.08. The lowest BCUT2D eigenvalue weighted by molar-refractivity contribution is -0.136. The van der Waals surface area contributed by atoms with Gasteiger partial charge in [0, 0.05) is 27.2 Å². The molecule has 1 aromatic carbocycles. The summed E-state index contributed by atoms with van der Waals surface area (Å²) >= 11 is 1.36. The highest BCUT2D eigenvalue weighted by Gasteiger charge is 2.21. The first-order valence-electron chi connectivity index (χ1n) is 8.20. The van der Waals surface area contributed by atoms with Crippen molar-refractivity contribution in [2.24, 2.45) is 0 Å². The van der Waals surface area contributed by atoms with Gasteiger partial charge in [-0.1, -0.05) is 23.9 Å². The van der Waals surface area contributed by atoms with Gasteiger partial charge in [-0.2, -0.15) is 0 Å². The molecular formula is C17H22N4O3S. The molecule has 8 heteroatoms. The molecule has 1 saturated heterocycles. The van der Waals surface area contributed by atoms with Crippen LogP contribution in [0.3, 0.4) is 0 Å². The number of carbonyl (C=O) groups excluding carboxylic acids is 2. The Bertz CT molecular complexity index is 768. The summed E-state index contributed by atoms with van der Waals surface area (Å²) in [5.74, 6) is 0.359. The van der Waals surface area contributed by atoms with E-state index in [4.69, 9.17) is 4.74 Å². The summed E-state index contributed by atoms with van der Waals surface area (Å²) in [6, 6.07) is 7.72. The first-order chi connectivity index (χ1) is 12.1. The molecule has 2 aromatic rings. The molecule has 1 fully saturated rings. The lowest BCUT2D eigenvalue weighted by Gasteiger charge is -2.27. The standard InChI is InChI=1S/C17H22N4O3S/c1-19(2)16(23)12-25-17-18-13-5-3-4-6-14(13)21(17)11-15(22)20-7-9-24-10-8-20/h3-6H,7-12H2,1-2H3. The molecule has 2 heterocycles. The van der Waals surface area contributed by atoms with E-state index < -0.39 is 0 Å². The van der Waals surface area contributed by atoms with E-state index in [1.807, 2.05) is 33.7 Å². The lowest BCUT2D eigenvalue weighted by Crippen LogP contribution is -2.42. The van der Waals surface area contributed by atoms with Crippen molar-refractivity contribution in [1.82, 2.24) is 19.4 Å². The van der Waals surface area contributed by atoms with Crippen molar-refractivity contribution in [2.75, 3.05) is 46.2 Å². The van der Waals surface area contributed by atoms with Crippen molar-refractivity contribution in [1.29, 1.82) is 0 Å². The molecule has 134 valence electrons. The van der Waals surface area contributed by atoms with Crippen LogP contribution in [-0.2, 0) is 20.9 Å². The van der Waals surface area contributed by atoms with Gasteiger partial charge in [0.2, 0.25) is 11.8 Å². The number of benzene rings is 1. The van der Waals surface area contributed by atoms with Crippen LogP contribution in [0.1, 0.15) is 0 Å². The normalized spacial score (nSPS) is 14.7. The zero-order valence-corrected chi connectivity index (χ0v) is 15.3. The Kier molecular flexibility index (Phi) is 5.60. The largest absolute Gasteiger partial charge is 0.378 e. The minimum atomic E-state index is 0.0168. The van der Waals surface area contributed by atoms with Crippen LogP contribution in [0.2, 0.25) is 0 Å². The third-order valence-electron chi connectivity index (χ3n) is 4.10. The highest BCUT2D eigenvalue weighted by molar-refractivity contribution is 7.99. The zero-order chi connectivity index (χ0) is 17.8. The molecule has 0 radical (unpaired) electrons. The van der Waals surface area contributed by atoms with Gasteiger partial charge >= 0.3 is 0 Å². The van der Waals surface area contributed by atoms with E-state index in [9.17, 15) is 9.59 Å². The van der Waals surface area contributed by atoms with Gasteiger partial charge in [-0.05, 0) is 12.1 Å². The fraction of sp³-hybridized carbons (Fsp3) is 0.471. The summed E-state index contributed by atoms with van der Waals surface area (Å²) in [5, 5.41) is 0.693. The van der Waals surface area contributed by atoms with E-state index in [2.05, 4.69) is 4.98 Å². The number of hydrogen-bond donors (Lipinski definition) is 0. The second kappa shape index (κ2) is 7.88. The molecule has 1 aliphatic rings. The first kappa shape index (κ1) is 17.8. The summed E-state index contributed by atoms with van der Waals surface area (Å²) in [6.45, 7) is 2.61. The fourth-order valence-electron chi connectivity index (χ4n) is 2.62. The molecule has 3 rings (SSSR count). The van der Waals surface area contributed by atoms with Crippen LogP contribution in [0.5, 0.6) is 0 Å². The zero-order valence-electron chi connectivity index (χ0n) is 14.5. The molecule has 0 spiro atoms. The molecule has 0 unspecified atom stereocenters. The van der Waals surface area contributed by atoms with Gasteiger partial charge in [0.05, 0.1) is 30.0 Å². The van der Waals surface area contributed by atoms with Gasteiger partial charge in [-0.15, -0.1) is 0 Å². The summed E-state index contributed by atoms with van der Waals surface area (Å²) in [6.07, 6.45) is 0. The number of aromatic nitrogens is 2. The van der Waals surface area contributed by atoms with Crippen LogP contribution in [0.15, 0.2) is 29.4 Å². The summed E-state index contributed by atoms with van der Waals surface area (Å²) in [5.41, 5.74) is 1.74. The van der Waals surface area contributed by atoms with E-state index in [0.717, 1.165) is 11.0 Å². The number of morpholine rings is 1. The number of imidazole rings is 1. The fourth-order valence-corrected chi connectivity index (χ4v) is 3.61. The number of fused-ring (bicyclic) bond motifs is 1. The number of para-hydroxylation sites is 2. The molecule has 1 aromatic heterocycles. The topological polar surface area (TPSA) is 67.7 Å². The highest BCUT2D eigenvalue weighted by atomic mass is 32.2. The van der Waals surface area contributed by atoms with Gasteiger partial charge in [-0.25, -0.2) is 4.98 Å².